The fourth-order valence-corrected chi connectivity index (χ4v) is 6.12. The lowest BCUT2D eigenvalue weighted by Gasteiger charge is -2.41. The van der Waals surface area contributed by atoms with Gasteiger partial charge in [0.05, 0.1) is 28.6 Å². The number of halogens is 2. The molecule has 3 aromatic rings. The Morgan fingerprint density at radius 3 is 2.52 bits per heavy atom. The fourth-order valence-electron chi connectivity index (χ4n) is 6.12. The smallest absolute Gasteiger partial charge is 0.337 e. The molecule has 9 nitrogen and oxygen atoms in total. The van der Waals surface area contributed by atoms with Gasteiger partial charge in [0.1, 0.15) is 11.6 Å². The minimum Gasteiger partial charge on any atom is -0.490 e. The minimum atomic E-state index is -1.24. The van der Waals surface area contributed by atoms with Crippen molar-refractivity contribution in [3.63, 3.8) is 0 Å². The third-order valence-electron chi connectivity index (χ3n) is 8.45. The van der Waals surface area contributed by atoms with E-state index in [1.165, 1.54) is 6.07 Å². The molecule has 1 fully saturated rings. The minimum absolute atomic E-state index is 0.195. The highest BCUT2D eigenvalue weighted by molar-refractivity contribution is 5.78. The maximum Gasteiger partial charge on any atom is 0.337 e. The molecule has 2 atom stereocenters. The number of aliphatic carboxylic acids is 1. The summed E-state index contributed by atoms with van der Waals surface area (Å²) in [6.07, 6.45) is 3.14. The van der Waals surface area contributed by atoms with Crippen LogP contribution in [0, 0.1) is 18.6 Å². The van der Waals surface area contributed by atoms with E-state index in [4.69, 9.17) is 24.3 Å². The number of carboxylic acid groups (broad SMARTS) is 1. The normalized spacial score (nSPS) is 22.6. The molecule has 0 aliphatic carbocycles. The first kappa shape index (κ1) is 32.1. The van der Waals surface area contributed by atoms with Gasteiger partial charge in [-0.05, 0) is 98.1 Å². The molecule has 1 saturated heterocycles. The number of aryl methyl sites for hydroxylation is 3. The SMILES string of the molecule is Cc1nc2cc3nn2c(c1[C@H](OC(C)(C)C)C(=O)O)N1CCC(C)(CC1)OCCC[C@H](C)Oc1cc(F)c(F)cc1CCC3. The van der Waals surface area contributed by atoms with Crippen molar-refractivity contribution in [2.24, 2.45) is 0 Å². The third kappa shape index (κ3) is 7.15. The summed E-state index contributed by atoms with van der Waals surface area (Å²) in [4.78, 5) is 19.6. The van der Waals surface area contributed by atoms with E-state index < -0.39 is 29.3 Å². The number of carbonyl (C=O) groups is 1. The van der Waals surface area contributed by atoms with E-state index in [9.17, 15) is 18.7 Å². The molecule has 240 valence electrons. The molecule has 0 unspecified atom stereocenters. The van der Waals surface area contributed by atoms with Crippen LogP contribution in [0.25, 0.3) is 5.65 Å². The number of ether oxygens (including phenoxy) is 3. The molecule has 5 heterocycles. The zero-order chi connectivity index (χ0) is 31.8. The molecule has 3 aliphatic heterocycles. The number of hydrogen-bond acceptors (Lipinski definition) is 7. The summed E-state index contributed by atoms with van der Waals surface area (Å²) >= 11 is 0. The van der Waals surface area contributed by atoms with E-state index in [1.54, 1.807) is 4.52 Å². The van der Waals surface area contributed by atoms with Crippen molar-refractivity contribution in [2.75, 3.05) is 24.6 Å². The quantitative estimate of drug-likeness (QED) is 0.364. The van der Waals surface area contributed by atoms with Gasteiger partial charge in [-0.3, -0.25) is 0 Å². The van der Waals surface area contributed by atoms with E-state index in [0.717, 1.165) is 31.0 Å². The molecule has 1 N–H and O–H groups in total. The van der Waals surface area contributed by atoms with Crippen molar-refractivity contribution >= 4 is 17.4 Å². The molecule has 1 aromatic carbocycles. The zero-order valence-corrected chi connectivity index (χ0v) is 26.6. The van der Waals surface area contributed by atoms with Gasteiger partial charge in [-0.1, -0.05) is 0 Å². The molecular formula is C33H44F2N4O5. The topological polar surface area (TPSA) is 98.4 Å². The van der Waals surface area contributed by atoms with Crippen LogP contribution in [0.15, 0.2) is 18.2 Å². The number of nitrogens with zero attached hydrogens (tertiary/aromatic N) is 4. The average molecular weight is 615 g/mol. The van der Waals surface area contributed by atoms with Crippen LogP contribution < -0.4 is 9.64 Å². The molecule has 6 rings (SSSR count). The molecule has 2 aromatic heterocycles. The predicted molar refractivity (Wildman–Crippen MR) is 162 cm³/mol. The Bertz CT molecular complexity index is 1510. The fraction of sp³-hybridized carbons (Fsp3) is 0.606. The largest absolute Gasteiger partial charge is 0.490 e. The highest BCUT2D eigenvalue weighted by Gasteiger charge is 2.37. The number of aromatic nitrogens is 3. The van der Waals surface area contributed by atoms with Crippen LogP contribution in [-0.2, 0) is 27.1 Å². The molecular weight excluding hydrogens is 570 g/mol. The number of carboxylic acids is 1. The van der Waals surface area contributed by atoms with Gasteiger partial charge >= 0.3 is 5.97 Å². The van der Waals surface area contributed by atoms with E-state index in [0.29, 0.717) is 79.4 Å². The third-order valence-corrected chi connectivity index (χ3v) is 8.45. The number of benzene rings is 1. The highest BCUT2D eigenvalue weighted by atomic mass is 19.2. The summed E-state index contributed by atoms with van der Waals surface area (Å²) in [5, 5.41) is 15.3. The van der Waals surface area contributed by atoms with E-state index in [1.807, 2.05) is 40.7 Å². The van der Waals surface area contributed by atoms with Gasteiger partial charge in [-0.2, -0.15) is 9.61 Å². The van der Waals surface area contributed by atoms with Crippen LogP contribution >= 0.6 is 0 Å². The summed E-state index contributed by atoms with van der Waals surface area (Å²) in [5.74, 6) is -1.91. The number of anilines is 1. The standard InChI is InChI=1S/C33H44F2N4O5/c1-20-9-8-16-42-33(6)12-14-38(15-13-33)30-28(29(31(40)41)44-32(3,4)5)21(2)36-27-18-23(37-39(27)30)11-7-10-22-17-24(34)25(35)19-26(22)43-20/h17-20,29H,7-16H2,1-6H3,(H,40,41)/t20-,29-/m0/s1. The van der Waals surface area contributed by atoms with E-state index in [2.05, 4.69) is 11.8 Å². The first-order valence-corrected chi connectivity index (χ1v) is 15.6. The Labute approximate surface area is 257 Å². The van der Waals surface area contributed by atoms with Crippen molar-refractivity contribution in [1.29, 1.82) is 0 Å². The first-order chi connectivity index (χ1) is 20.7. The van der Waals surface area contributed by atoms with Crippen molar-refractivity contribution in [1.82, 2.24) is 14.6 Å². The Kier molecular flexibility index (Phi) is 9.18. The van der Waals surface area contributed by atoms with Crippen molar-refractivity contribution in [2.45, 2.75) is 110 Å². The Balaban J connectivity index is 1.57. The molecule has 0 amide bonds. The van der Waals surface area contributed by atoms with E-state index in [-0.39, 0.29) is 11.7 Å². The summed E-state index contributed by atoms with van der Waals surface area (Å²) in [5.41, 5.74) is 1.98. The van der Waals surface area contributed by atoms with Crippen molar-refractivity contribution in [3.05, 3.63) is 52.3 Å². The van der Waals surface area contributed by atoms with Gasteiger partial charge in [-0.15, -0.1) is 0 Å². The Morgan fingerprint density at radius 2 is 1.84 bits per heavy atom. The van der Waals surface area contributed by atoms with Gasteiger partial charge < -0.3 is 24.2 Å². The second-order valence-electron chi connectivity index (χ2n) is 13.4. The summed E-state index contributed by atoms with van der Waals surface area (Å²) in [6, 6.07) is 4.26. The molecule has 11 heteroatoms. The lowest BCUT2D eigenvalue weighted by molar-refractivity contribution is -0.160. The van der Waals surface area contributed by atoms with Crippen LogP contribution in [0.2, 0.25) is 0 Å². The Morgan fingerprint density at radius 1 is 1.14 bits per heavy atom. The molecule has 0 spiro atoms. The van der Waals surface area contributed by atoms with Gasteiger partial charge in [0, 0.05) is 37.5 Å². The maximum absolute atomic E-state index is 14.3. The van der Waals surface area contributed by atoms with Crippen LogP contribution in [-0.4, -0.2) is 62.7 Å². The lowest BCUT2D eigenvalue weighted by atomic mass is 9.92. The first-order valence-electron chi connectivity index (χ1n) is 15.6. The monoisotopic (exact) mass is 614 g/mol. The van der Waals surface area contributed by atoms with Gasteiger partial charge in [0.15, 0.2) is 23.4 Å². The maximum atomic E-state index is 14.3. The van der Waals surface area contributed by atoms with Crippen LogP contribution in [0.3, 0.4) is 0 Å². The van der Waals surface area contributed by atoms with Crippen molar-refractivity contribution < 1.29 is 32.9 Å². The van der Waals surface area contributed by atoms with Crippen LogP contribution in [0.1, 0.15) is 95.3 Å². The molecule has 0 saturated carbocycles. The zero-order valence-electron chi connectivity index (χ0n) is 26.6. The van der Waals surface area contributed by atoms with E-state index >= 15 is 0 Å². The van der Waals surface area contributed by atoms with Crippen molar-refractivity contribution in [3.8, 4) is 5.75 Å². The van der Waals surface area contributed by atoms with Crippen LogP contribution in [0.5, 0.6) is 5.75 Å². The molecule has 4 bridgehead atoms. The Hall–Kier alpha value is -3.31. The second-order valence-corrected chi connectivity index (χ2v) is 13.4. The van der Waals surface area contributed by atoms with Crippen LogP contribution in [0.4, 0.5) is 14.6 Å². The summed E-state index contributed by atoms with van der Waals surface area (Å²) in [6.45, 7) is 13.2. The lowest BCUT2D eigenvalue weighted by Crippen LogP contribution is -2.46. The average Bonchev–Trinajstić information content (AvgIpc) is 3.33. The predicted octanol–water partition coefficient (Wildman–Crippen LogP) is 6.37. The molecule has 44 heavy (non-hydrogen) atoms. The molecule has 3 aliphatic rings. The number of rotatable bonds is 3. The number of hydrogen-bond donors (Lipinski definition) is 1. The van der Waals surface area contributed by atoms with Gasteiger partial charge in [0.25, 0.3) is 0 Å². The highest BCUT2D eigenvalue weighted by Crippen LogP contribution is 2.38. The summed E-state index contributed by atoms with van der Waals surface area (Å²) in [7, 11) is 0. The summed E-state index contributed by atoms with van der Waals surface area (Å²) < 4.78 is 48.8. The van der Waals surface area contributed by atoms with Gasteiger partial charge in [-0.25, -0.2) is 18.6 Å². The number of piperidine rings is 1. The molecule has 0 radical (unpaired) electrons. The van der Waals surface area contributed by atoms with Gasteiger partial charge in [0.2, 0.25) is 0 Å². The number of fused-ring (bicyclic) bond motifs is 9. The second kappa shape index (κ2) is 12.6.